The first-order chi connectivity index (χ1) is 8.86. The van der Waals surface area contributed by atoms with Crippen LogP contribution in [0.1, 0.15) is 27.2 Å². The Balaban J connectivity index is 2.58. The second-order valence-electron chi connectivity index (χ2n) is 5.29. The third kappa shape index (κ3) is 4.47. The number of benzene rings is 1. The number of ether oxygens (including phenoxy) is 1. The largest absolute Gasteiger partial charge is 0.494 e. The van der Waals surface area contributed by atoms with Crippen LogP contribution in [0.25, 0.3) is 0 Å². The zero-order chi connectivity index (χ0) is 14.5. The van der Waals surface area contributed by atoms with Crippen molar-refractivity contribution in [3.63, 3.8) is 0 Å². The average molecular weight is 265 g/mol. The molecule has 1 aromatic carbocycles. The van der Waals surface area contributed by atoms with Crippen LogP contribution in [0.4, 0.5) is 5.69 Å². The van der Waals surface area contributed by atoms with Gasteiger partial charge in [-0.15, -0.1) is 0 Å². The maximum Gasteiger partial charge on any atom is 0.309 e. The van der Waals surface area contributed by atoms with Gasteiger partial charge in [0.1, 0.15) is 5.75 Å². The molecule has 1 rings (SSSR count). The first-order valence-corrected chi connectivity index (χ1v) is 6.54. The monoisotopic (exact) mass is 265 g/mol. The number of carbonyl (C=O) groups is 1. The minimum atomic E-state index is -0.757. The van der Waals surface area contributed by atoms with Crippen LogP contribution in [-0.4, -0.2) is 31.3 Å². The molecule has 1 N–H and O–H groups in total. The Kier molecular flexibility index (Phi) is 5.21. The quantitative estimate of drug-likeness (QED) is 0.823. The van der Waals surface area contributed by atoms with Gasteiger partial charge < -0.3 is 14.7 Å². The van der Waals surface area contributed by atoms with Crippen molar-refractivity contribution in [2.24, 2.45) is 5.41 Å². The predicted octanol–water partition coefficient (Wildman–Crippen LogP) is 3.02. The third-order valence-corrected chi connectivity index (χ3v) is 3.24. The van der Waals surface area contributed by atoms with Crippen LogP contribution in [0.2, 0.25) is 0 Å². The van der Waals surface area contributed by atoms with Gasteiger partial charge in [-0.1, -0.05) is 0 Å². The molecule has 0 aliphatic carbocycles. The molecule has 0 radical (unpaired) electrons. The lowest BCUT2D eigenvalue weighted by molar-refractivity contribution is -0.147. The molecule has 0 saturated heterocycles. The molecule has 4 heteroatoms. The zero-order valence-electron chi connectivity index (χ0n) is 12.1. The van der Waals surface area contributed by atoms with Gasteiger partial charge in [0.15, 0.2) is 0 Å². The Bertz CT molecular complexity index is 412. The fraction of sp³-hybridized carbons (Fsp3) is 0.533. The number of carboxylic acids is 1. The van der Waals surface area contributed by atoms with Gasteiger partial charge in [-0.3, -0.25) is 4.79 Å². The van der Waals surface area contributed by atoms with Gasteiger partial charge in [-0.05, 0) is 51.5 Å². The summed E-state index contributed by atoms with van der Waals surface area (Å²) in [6.07, 6.45) is 0.603. The molecule has 0 atom stereocenters. The number of hydrogen-bond donors (Lipinski definition) is 1. The highest BCUT2D eigenvalue weighted by atomic mass is 16.5. The normalized spacial score (nSPS) is 11.2. The molecular formula is C15H23NO3. The summed E-state index contributed by atoms with van der Waals surface area (Å²) in [5.74, 6) is 0.0955. The van der Waals surface area contributed by atoms with Gasteiger partial charge in [0.05, 0.1) is 12.0 Å². The highest BCUT2D eigenvalue weighted by Gasteiger charge is 2.26. The van der Waals surface area contributed by atoms with Crippen LogP contribution in [0.3, 0.4) is 0 Å². The fourth-order valence-electron chi connectivity index (χ4n) is 1.65. The Morgan fingerprint density at radius 3 is 2.37 bits per heavy atom. The number of rotatable bonds is 7. The van der Waals surface area contributed by atoms with E-state index in [-0.39, 0.29) is 0 Å². The molecule has 0 unspecified atom stereocenters. The lowest BCUT2D eigenvalue weighted by Gasteiger charge is -2.25. The van der Waals surface area contributed by atoms with Gasteiger partial charge in [0.25, 0.3) is 0 Å². The first kappa shape index (κ1) is 15.3. The molecule has 4 nitrogen and oxygen atoms in total. The van der Waals surface area contributed by atoms with Crippen molar-refractivity contribution in [3.8, 4) is 5.75 Å². The maximum absolute atomic E-state index is 11.1. The molecule has 0 saturated carbocycles. The van der Waals surface area contributed by atoms with Crippen molar-refractivity contribution in [3.05, 3.63) is 24.3 Å². The second kappa shape index (κ2) is 6.45. The first-order valence-electron chi connectivity index (χ1n) is 6.54. The minimum Gasteiger partial charge on any atom is -0.494 e. The van der Waals surface area contributed by atoms with Crippen LogP contribution in [0.15, 0.2) is 24.3 Å². The SMILES string of the molecule is CCOc1ccc(N(C)CCC(C)(C)C(=O)O)cc1. The van der Waals surface area contributed by atoms with Crippen molar-refractivity contribution in [2.45, 2.75) is 27.2 Å². The van der Waals surface area contributed by atoms with Crippen molar-refractivity contribution in [1.82, 2.24) is 0 Å². The van der Waals surface area contributed by atoms with E-state index in [1.165, 1.54) is 0 Å². The van der Waals surface area contributed by atoms with Crippen LogP contribution in [0, 0.1) is 5.41 Å². The summed E-state index contributed by atoms with van der Waals surface area (Å²) in [6, 6.07) is 7.83. The molecule has 106 valence electrons. The van der Waals surface area contributed by atoms with E-state index in [1.807, 2.05) is 38.2 Å². The summed E-state index contributed by atoms with van der Waals surface area (Å²) in [5.41, 5.74) is 0.365. The number of aliphatic carboxylic acids is 1. The van der Waals surface area contributed by atoms with Crippen molar-refractivity contribution >= 4 is 11.7 Å². The number of nitrogens with zero attached hydrogens (tertiary/aromatic N) is 1. The summed E-state index contributed by atoms with van der Waals surface area (Å²) in [6.45, 7) is 6.81. The maximum atomic E-state index is 11.1. The lowest BCUT2D eigenvalue weighted by atomic mass is 9.89. The van der Waals surface area contributed by atoms with Gasteiger partial charge in [0, 0.05) is 19.3 Å². The standard InChI is InChI=1S/C15H23NO3/c1-5-19-13-8-6-12(7-9-13)16(4)11-10-15(2,3)14(17)18/h6-9H,5,10-11H2,1-4H3,(H,17,18). The second-order valence-corrected chi connectivity index (χ2v) is 5.29. The Morgan fingerprint density at radius 2 is 1.89 bits per heavy atom. The van der Waals surface area contributed by atoms with Gasteiger partial charge in [-0.2, -0.15) is 0 Å². The van der Waals surface area contributed by atoms with E-state index >= 15 is 0 Å². The topological polar surface area (TPSA) is 49.8 Å². The minimum absolute atomic E-state index is 0.603. The summed E-state index contributed by atoms with van der Waals surface area (Å²) < 4.78 is 5.39. The molecule has 0 aliphatic rings. The van der Waals surface area contributed by atoms with E-state index < -0.39 is 11.4 Å². The molecule has 0 bridgehead atoms. The van der Waals surface area contributed by atoms with Crippen LogP contribution < -0.4 is 9.64 Å². The van der Waals surface area contributed by atoms with Crippen LogP contribution >= 0.6 is 0 Å². The Morgan fingerprint density at radius 1 is 1.32 bits per heavy atom. The highest BCUT2D eigenvalue weighted by molar-refractivity contribution is 5.73. The van der Waals surface area contributed by atoms with Crippen molar-refractivity contribution < 1.29 is 14.6 Å². The number of carboxylic acid groups (broad SMARTS) is 1. The molecule has 0 heterocycles. The van der Waals surface area contributed by atoms with Crippen molar-refractivity contribution in [1.29, 1.82) is 0 Å². The molecule has 0 spiro atoms. The van der Waals surface area contributed by atoms with E-state index in [4.69, 9.17) is 9.84 Å². The molecular weight excluding hydrogens is 242 g/mol. The van der Waals surface area contributed by atoms with E-state index in [1.54, 1.807) is 13.8 Å². The summed E-state index contributed by atoms with van der Waals surface area (Å²) >= 11 is 0. The van der Waals surface area contributed by atoms with E-state index in [2.05, 4.69) is 4.90 Å². The van der Waals surface area contributed by atoms with E-state index in [0.29, 0.717) is 19.6 Å². The third-order valence-electron chi connectivity index (χ3n) is 3.24. The molecule has 0 aromatic heterocycles. The van der Waals surface area contributed by atoms with Gasteiger partial charge in [-0.25, -0.2) is 0 Å². The molecule has 0 aliphatic heterocycles. The van der Waals surface area contributed by atoms with Crippen LogP contribution in [0.5, 0.6) is 5.75 Å². The molecule has 0 fully saturated rings. The average Bonchev–Trinajstić information content (AvgIpc) is 2.37. The highest BCUT2D eigenvalue weighted by Crippen LogP contribution is 2.23. The number of anilines is 1. The van der Waals surface area contributed by atoms with E-state index in [0.717, 1.165) is 11.4 Å². The summed E-state index contributed by atoms with van der Waals surface area (Å²) in [7, 11) is 1.97. The summed E-state index contributed by atoms with van der Waals surface area (Å²) in [5, 5.41) is 9.09. The zero-order valence-corrected chi connectivity index (χ0v) is 12.1. The smallest absolute Gasteiger partial charge is 0.309 e. The summed E-state index contributed by atoms with van der Waals surface area (Å²) in [4.78, 5) is 13.1. The Labute approximate surface area is 115 Å². The molecule has 0 amide bonds. The Hall–Kier alpha value is -1.71. The van der Waals surface area contributed by atoms with Crippen molar-refractivity contribution in [2.75, 3.05) is 25.1 Å². The predicted molar refractivity (Wildman–Crippen MR) is 76.9 cm³/mol. The van der Waals surface area contributed by atoms with Gasteiger partial charge >= 0.3 is 5.97 Å². The van der Waals surface area contributed by atoms with E-state index in [9.17, 15) is 4.79 Å². The fourth-order valence-corrected chi connectivity index (χ4v) is 1.65. The number of hydrogen-bond acceptors (Lipinski definition) is 3. The van der Waals surface area contributed by atoms with Crippen LogP contribution in [-0.2, 0) is 4.79 Å². The lowest BCUT2D eigenvalue weighted by Crippen LogP contribution is -2.30. The molecule has 1 aromatic rings. The van der Waals surface area contributed by atoms with Gasteiger partial charge in [0.2, 0.25) is 0 Å². The molecule has 19 heavy (non-hydrogen) atoms.